The number of carbonyl (C=O) groups is 1. The summed E-state index contributed by atoms with van der Waals surface area (Å²) in [6, 6.07) is 5.00. The predicted molar refractivity (Wildman–Crippen MR) is 110 cm³/mol. The highest BCUT2D eigenvalue weighted by Gasteiger charge is 2.32. The summed E-state index contributed by atoms with van der Waals surface area (Å²) in [5.41, 5.74) is 0. The largest absolute Gasteiger partial charge is 0.486 e. The van der Waals surface area contributed by atoms with Crippen molar-refractivity contribution in [2.75, 3.05) is 45.1 Å². The zero-order chi connectivity index (χ0) is 21.4. The number of ether oxygens (including phenoxy) is 2. The molecule has 13 heteroatoms. The SMILES string of the molecule is O=C(CSc1nnnn1C1CC1)N1CCN(S(=O)(=O)c2ccc3c(c2)OCCO3)CC1. The number of sulfonamides is 1. The van der Waals surface area contributed by atoms with Crippen molar-refractivity contribution < 1.29 is 22.7 Å². The number of hydrogen-bond donors (Lipinski definition) is 0. The van der Waals surface area contributed by atoms with E-state index in [1.807, 2.05) is 0 Å². The number of carbonyl (C=O) groups excluding carboxylic acids is 1. The number of amides is 1. The molecule has 1 saturated carbocycles. The third-order valence-corrected chi connectivity index (χ3v) is 8.24. The second kappa shape index (κ2) is 8.28. The molecule has 1 aromatic carbocycles. The lowest BCUT2D eigenvalue weighted by Crippen LogP contribution is -2.51. The van der Waals surface area contributed by atoms with E-state index in [2.05, 4.69) is 15.5 Å². The molecule has 0 spiro atoms. The smallest absolute Gasteiger partial charge is 0.243 e. The highest BCUT2D eigenvalue weighted by atomic mass is 32.2. The molecule has 0 radical (unpaired) electrons. The molecule has 2 aromatic rings. The van der Waals surface area contributed by atoms with Gasteiger partial charge >= 0.3 is 0 Å². The van der Waals surface area contributed by atoms with Crippen LogP contribution in [0.3, 0.4) is 0 Å². The molecule has 2 fully saturated rings. The first-order chi connectivity index (χ1) is 15.0. The van der Waals surface area contributed by atoms with Crippen molar-refractivity contribution in [1.82, 2.24) is 29.4 Å². The molecule has 3 aliphatic rings. The molecular weight excluding hydrogens is 444 g/mol. The van der Waals surface area contributed by atoms with E-state index in [1.54, 1.807) is 15.6 Å². The van der Waals surface area contributed by atoms with Crippen LogP contribution in [0.15, 0.2) is 28.3 Å². The first-order valence-electron chi connectivity index (χ1n) is 10.1. The van der Waals surface area contributed by atoms with Gasteiger partial charge in [0.05, 0.1) is 16.7 Å². The number of nitrogens with zero attached hydrogens (tertiary/aromatic N) is 6. The van der Waals surface area contributed by atoms with Gasteiger partial charge in [-0.2, -0.15) is 4.31 Å². The van der Waals surface area contributed by atoms with E-state index < -0.39 is 10.0 Å². The average molecular weight is 467 g/mol. The molecule has 3 heterocycles. The fourth-order valence-corrected chi connectivity index (χ4v) is 5.84. The zero-order valence-electron chi connectivity index (χ0n) is 16.7. The molecule has 0 unspecified atom stereocenters. The molecule has 1 aromatic heterocycles. The van der Waals surface area contributed by atoms with Crippen molar-refractivity contribution >= 4 is 27.7 Å². The normalized spacial score (nSPS) is 19.4. The lowest BCUT2D eigenvalue weighted by atomic mass is 10.3. The third-order valence-electron chi connectivity index (χ3n) is 5.42. The van der Waals surface area contributed by atoms with E-state index in [-0.39, 0.29) is 29.6 Å². The molecule has 0 N–H and O–H groups in total. The molecule has 5 rings (SSSR count). The number of piperazine rings is 1. The van der Waals surface area contributed by atoms with Crippen LogP contribution in [0.4, 0.5) is 0 Å². The maximum absolute atomic E-state index is 13.0. The fourth-order valence-electron chi connectivity index (χ4n) is 3.56. The Bertz CT molecular complexity index is 1080. The van der Waals surface area contributed by atoms with Gasteiger partial charge < -0.3 is 14.4 Å². The maximum atomic E-state index is 13.0. The number of tetrazole rings is 1. The van der Waals surface area contributed by atoms with Gasteiger partial charge in [0.2, 0.25) is 21.1 Å². The Hall–Kier alpha value is -2.38. The van der Waals surface area contributed by atoms with Crippen LogP contribution in [0.25, 0.3) is 0 Å². The first-order valence-corrected chi connectivity index (χ1v) is 12.5. The molecule has 11 nitrogen and oxygen atoms in total. The van der Waals surface area contributed by atoms with E-state index in [1.165, 1.54) is 28.2 Å². The first kappa shape index (κ1) is 20.5. The Morgan fingerprint density at radius 2 is 1.84 bits per heavy atom. The Labute approximate surface area is 183 Å². The molecular formula is C18H22N6O5S2. The van der Waals surface area contributed by atoms with Crippen molar-refractivity contribution in [3.63, 3.8) is 0 Å². The zero-order valence-corrected chi connectivity index (χ0v) is 18.3. The van der Waals surface area contributed by atoms with Crippen molar-refractivity contribution in [3.05, 3.63) is 18.2 Å². The second-order valence-electron chi connectivity index (χ2n) is 7.52. The molecule has 166 valence electrons. The van der Waals surface area contributed by atoms with Gasteiger partial charge in [-0.3, -0.25) is 4.79 Å². The summed E-state index contributed by atoms with van der Waals surface area (Å²) in [5.74, 6) is 1.16. The predicted octanol–water partition coefficient (Wildman–Crippen LogP) is 0.404. The van der Waals surface area contributed by atoms with Gasteiger partial charge in [-0.1, -0.05) is 11.8 Å². The van der Waals surface area contributed by atoms with E-state index in [0.29, 0.717) is 49.0 Å². The number of benzene rings is 1. The number of fused-ring (bicyclic) bond motifs is 1. The Morgan fingerprint density at radius 1 is 1.10 bits per heavy atom. The highest BCUT2D eigenvalue weighted by molar-refractivity contribution is 7.99. The second-order valence-corrected chi connectivity index (χ2v) is 10.4. The van der Waals surface area contributed by atoms with E-state index in [4.69, 9.17) is 9.47 Å². The van der Waals surface area contributed by atoms with E-state index in [0.717, 1.165) is 12.8 Å². The van der Waals surface area contributed by atoms with Gasteiger partial charge in [0.25, 0.3) is 0 Å². The third kappa shape index (κ3) is 4.21. The van der Waals surface area contributed by atoms with Gasteiger partial charge in [0.1, 0.15) is 13.2 Å². The van der Waals surface area contributed by atoms with Crippen LogP contribution in [0, 0.1) is 0 Å². The maximum Gasteiger partial charge on any atom is 0.243 e. The molecule has 0 bridgehead atoms. The summed E-state index contributed by atoms with van der Waals surface area (Å²) in [7, 11) is -3.68. The minimum atomic E-state index is -3.68. The molecule has 1 aliphatic carbocycles. The monoisotopic (exact) mass is 466 g/mol. The molecule has 31 heavy (non-hydrogen) atoms. The Morgan fingerprint density at radius 3 is 2.58 bits per heavy atom. The molecule has 2 aliphatic heterocycles. The van der Waals surface area contributed by atoms with Crippen LogP contribution < -0.4 is 9.47 Å². The highest BCUT2D eigenvalue weighted by Crippen LogP contribution is 2.36. The quantitative estimate of drug-likeness (QED) is 0.557. The van der Waals surface area contributed by atoms with Crippen LogP contribution in [-0.2, 0) is 14.8 Å². The lowest BCUT2D eigenvalue weighted by Gasteiger charge is -2.34. The summed E-state index contributed by atoms with van der Waals surface area (Å²) in [6.45, 7) is 2.01. The van der Waals surface area contributed by atoms with Gasteiger partial charge in [-0.05, 0) is 35.4 Å². The number of hydrogen-bond acceptors (Lipinski definition) is 9. The minimum Gasteiger partial charge on any atom is -0.486 e. The van der Waals surface area contributed by atoms with Gasteiger partial charge in [0, 0.05) is 32.2 Å². The van der Waals surface area contributed by atoms with Crippen LogP contribution in [0.5, 0.6) is 11.5 Å². The number of aromatic nitrogens is 4. The Balaban J connectivity index is 1.17. The van der Waals surface area contributed by atoms with Crippen LogP contribution in [0.2, 0.25) is 0 Å². The Kier molecular flexibility index (Phi) is 5.48. The van der Waals surface area contributed by atoms with Crippen LogP contribution >= 0.6 is 11.8 Å². The lowest BCUT2D eigenvalue weighted by molar-refractivity contribution is -0.129. The van der Waals surface area contributed by atoms with Crippen molar-refractivity contribution in [1.29, 1.82) is 0 Å². The number of thioether (sulfide) groups is 1. The summed E-state index contributed by atoms with van der Waals surface area (Å²) in [6.07, 6.45) is 2.12. The molecule has 1 amide bonds. The topological polar surface area (TPSA) is 120 Å². The van der Waals surface area contributed by atoms with Crippen LogP contribution in [0.1, 0.15) is 18.9 Å². The average Bonchev–Trinajstić information content (AvgIpc) is 3.54. The van der Waals surface area contributed by atoms with Gasteiger partial charge in [0.15, 0.2) is 11.5 Å². The summed E-state index contributed by atoms with van der Waals surface area (Å²) in [5, 5.41) is 12.3. The van der Waals surface area contributed by atoms with Crippen molar-refractivity contribution in [3.8, 4) is 11.5 Å². The van der Waals surface area contributed by atoms with E-state index >= 15 is 0 Å². The van der Waals surface area contributed by atoms with Crippen molar-refractivity contribution in [2.24, 2.45) is 0 Å². The van der Waals surface area contributed by atoms with Crippen LogP contribution in [-0.4, -0.2) is 88.9 Å². The molecule has 1 saturated heterocycles. The van der Waals surface area contributed by atoms with Gasteiger partial charge in [-0.25, -0.2) is 13.1 Å². The number of rotatable bonds is 6. The summed E-state index contributed by atoms with van der Waals surface area (Å²) in [4.78, 5) is 14.5. The standard InChI is InChI=1S/C18H22N6O5S2/c25-17(12-30-18-19-20-21-24(18)13-1-2-13)22-5-7-23(8-6-22)31(26,27)14-3-4-15-16(11-14)29-10-9-28-15/h3-4,11,13H,1-2,5-10,12H2. The summed E-state index contributed by atoms with van der Waals surface area (Å²) >= 11 is 1.32. The molecule has 0 atom stereocenters. The van der Waals surface area contributed by atoms with E-state index in [9.17, 15) is 13.2 Å². The summed E-state index contributed by atoms with van der Waals surface area (Å²) < 4.78 is 40.2. The van der Waals surface area contributed by atoms with Crippen molar-refractivity contribution in [2.45, 2.75) is 28.9 Å². The minimum absolute atomic E-state index is 0.0493. The fraction of sp³-hybridized carbons (Fsp3) is 0.556. The van der Waals surface area contributed by atoms with Gasteiger partial charge in [-0.15, -0.1) is 5.10 Å².